The maximum absolute atomic E-state index is 13.3. The number of hydrogen-bond donors (Lipinski definition) is 2. The minimum atomic E-state index is -0.423. The molecule has 1 heterocycles. The summed E-state index contributed by atoms with van der Waals surface area (Å²) in [4.78, 5) is 11.6. The molecule has 0 radical (unpaired) electrons. The van der Waals surface area contributed by atoms with Crippen molar-refractivity contribution in [1.29, 1.82) is 0 Å². The van der Waals surface area contributed by atoms with Crippen LogP contribution >= 0.6 is 0 Å². The van der Waals surface area contributed by atoms with Crippen molar-refractivity contribution in [3.8, 4) is 0 Å². The maximum atomic E-state index is 13.3. The number of halogens is 1. The second kappa shape index (κ2) is 6.63. The summed E-state index contributed by atoms with van der Waals surface area (Å²) in [6.45, 7) is 3.75. The topological polar surface area (TPSA) is 50.4 Å². The molecule has 4 nitrogen and oxygen atoms in total. The minimum absolute atomic E-state index is 0.178. The van der Waals surface area contributed by atoms with E-state index in [0.717, 1.165) is 19.6 Å². The molecule has 2 unspecified atom stereocenters. The molecule has 2 rings (SSSR count). The summed E-state index contributed by atoms with van der Waals surface area (Å²) < 4.78 is 18.8. The number of anilines is 1. The first-order chi connectivity index (χ1) is 9.16. The van der Waals surface area contributed by atoms with Crippen LogP contribution in [0.2, 0.25) is 0 Å². The maximum Gasteiger partial charge on any atom is 0.238 e. The smallest absolute Gasteiger partial charge is 0.238 e. The normalized spacial score (nSPS) is 22.4. The summed E-state index contributed by atoms with van der Waals surface area (Å²) in [5, 5.41) is 5.62. The second-order valence-corrected chi connectivity index (χ2v) is 4.78. The van der Waals surface area contributed by atoms with Gasteiger partial charge in [0.15, 0.2) is 0 Å². The zero-order valence-corrected chi connectivity index (χ0v) is 11.0. The molecule has 0 bridgehead atoms. The fourth-order valence-corrected chi connectivity index (χ4v) is 2.17. The molecule has 0 aromatic heterocycles. The Morgan fingerprint density at radius 2 is 2.26 bits per heavy atom. The highest BCUT2D eigenvalue weighted by atomic mass is 19.1. The van der Waals surface area contributed by atoms with Crippen molar-refractivity contribution < 1.29 is 13.9 Å². The van der Waals surface area contributed by atoms with Crippen molar-refractivity contribution in [3.63, 3.8) is 0 Å². The van der Waals surface area contributed by atoms with Gasteiger partial charge in [-0.05, 0) is 31.4 Å². The Bertz CT molecular complexity index is 439. The van der Waals surface area contributed by atoms with Crippen LogP contribution in [0.1, 0.15) is 13.3 Å². The summed E-state index contributed by atoms with van der Waals surface area (Å²) in [5.74, 6) is -0.216. The van der Waals surface area contributed by atoms with Crippen LogP contribution in [0, 0.1) is 11.7 Å². The first-order valence-corrected chi connectivity index (χ1v) is 6.53. The lowest BCUT2D eigenvalue weighted by atomic mass is 10.0. The van der Waals surface area contributed by atoms with Gasteiger partial charge in [0.05, 0.1) is 18.3 Å². The van der Waals surface area contributed by atoms with Crippen LogP contribution in [-0.4, -0.2) is 31.7 Å². The first-order valence-electron chi connectivity index (χ1n) is 6.53. The molecule has 2 atom stereocenters. The lowest BCUT2D eigenvalue weighted by molar-refractivity contribution is -0.115. The molecule has 2 N–H and O–H groups in total. The number of ether oxygens (including phenoxy) is 1. The lowest BCUT2D eigenvalue weighted by Crippen LogP contribution is -2.33. The molecule has 1 saturated heterocycles. The monoisotopic (exact) mass is 266 g/mol. The quantitative estimate of drug-likeness (QED) is 0.854. The van der Waals surface area contributed by atoms with Crippen LogP contribution in [0.4, 0.5) is 10.1 Å². The van der Waals surface area contributed by atoms with Crippen molar-refractivity contribution in [3.05, 3.63) is 30.1 Å². The molecule has 1 amide bonds. The predicted octanol–water partition coefficient (Wildman–Crippen LogP) is 1.78. The number of benzene rings is 1. The highest BCUT2D eigenvalue weighted by Crippen LogP contribution is 2.19. The standard InChI is InChI=1S/C14H19FN2O2/c1-10-11(6-7-19-10)8-16-9-14(18)17-13-5-3-2-4-12(13)15/h2-5,10-11,16H,6-9H2,1H3,(H,17,18). The van der Waals surface area contributed by atoms with Crippen LogP contribution in [0.5, 0.6) is 0 Å². The summed E-state index contributed by atoms with van der Waals surface area (Å²) >= 11 is 0. The van der Waals surface area contributed by atoms with Crippen molar-refractivity contribution in [1.82, 2.24) is 5.32 Å². The van der Waals surface area contributed by atoms with Crippen molar-refractivity contribution in [2.24, 2.45) is 5.92 Å². The molecular formula is C14H19FN2O2. The molecule has 0 aliphatic carbocycles. The van der Waals surface area contributed by atoms with Gasteiger partial charge in [0, 0.05) is 13.2 Å². The van der Waals surface area contributed by atoms with E-state index in [0.29, 0.717) is 5.92 Å². The predicted molar refractivity (Wildman–Crippen MR) is 71.4 cm³/mol. The van der Waals surface area contributed by atoms with Gasteiger partial charge in [-0.3, -0.25) is 4.79 Å². The molecule has 1 aliphatic rings. The van der Waals surface area contributed by atoms with E-state index in [2.05, 4.69) is 10.6 Å². The van der Waals surface area contributed by atoms with Crippen molar-refractivity contribution in [2.75, 3.05) is 25.0 Å². The van der Waals surface area contributed by atoms with Gasteiger partial charge < -0.3 is 15.4 Å². The lowest BCUT2D eigenvalue weighted by Gasteiger charge is -2.14. The number of carbonyl (C=O) groups excluding carboxylic acids is 1. The van der Waals surface area contributed by atoms with Crippen LogP contribution in [0.15, 0.2) is 24.3 Å². The second-order valence-electron chi connectivity index (χ2n) is 4.78. The van der Waals surface area contributed by atoms with E-state index in [1.807, 2.05) is 6.92 Å². The fraction of sp³-hybridized carbons (Fsp3) is 0.500. The molecular weight excluding hydrogens is 247 g/mol. The van der Waals surface area contributed by atoms with Gasteiger partial charge in [-0.1, -0.05) is 12.1 Å². The van der Waals surface area contributed by atoms with E-state index in [1.54, 1.807) is 18.2 Å². The van der Waals surface area contributed by atoms with Gasteiger partial charge in [-0.2, -0.15) is 0 Å². The number of amides is 1. The Morgan fingerprint density at radius 3 is 2.95 bits per heavy atom. The van der Waals surface area contributed by atoms with Crippen molar-refractivity contribution >= 4 is 11.6 Å². The Kier molecular flexibility index (Phi) is 4.87. The summed E-state index contributed by atoms with van der Waals surface area (Å²) in [5.41, 5.74) is 0.215. The summed E-state index contributed by atoms with van der Waals surface area (Å²) in [7, 11) is 0. The van der Waals surface area contributed by atoms with E-state index >= 15 is 0 Å². The Balaban J connectivity index is 1.72. The third kappa shape index (κ3) is 4.01. The number of rotatable bonds is 5. The highest BCUT2D eigenvalue weighted by molar-refractivity contribution is 5.92. The number of carbonyl (C=O) groups is 1. The number of hydrogen-bond acceptors (Lipinski definition) is 3. The van der Waals surface area contributed by atoms with E-state index < -0.39 is 5.82 Å². The number of para-hydroxylation sites is 1. The molecule has 1 aromatic carbocycles. The fourth-order valence-electron chi connectivity index (χ4n) is 2.17. The average Bonchev–Trinajstić information content (AvgIpc) is 2.78. The summed E-state index contributed by atoms with van der Waals surface area (Å²) in [6, 6.07) is 6.13. The van der Waals surface area contributed by atoms with Gasteiger partial charge in [0.25, 0.3) is 0 Å². The van der Waals surface area contributed by atoms with Gasteiger partial charge >= 0.3 is 0 Å². The third-order valence-corrected chi connectivity index (χ3v) is 3.37. The zero-order chi connectivity index (χ0) is 13.7. The molecule has 5 heteroatoms. The minimum Gasteiger partial charge on any atom is -0.378 e. The van der Waals surface area contributed by atoms with E-state index in [-0.39, 0.29) is 24.2 Å². The van der Waals surface area contributed by atoms with Gasteiger partial charge in [-0.15, -0.1) is 0 Å². The Labute approximate surface area is 112 Å². The van der Waals surface area contributed by atoms with E-state index in [4.69, 9.17) is 4.74 Å². The molecule has 104 valence electrons. The molecule has 1 fully saturated rings. The SMILES string of the molecule is CC1OCCC1CNCC(=O)Nc1ccccc1F. The van der Waals surface area contributed by atoms with Gasteiger partial charge in [-0.25, -0.2) is 4.39 Å². The van der Waals surface area contributed by atoms with Crippen molar-refractivity contribution in [2.45, 2.75) is 19.4 Å². The van der Waals surface area contributed by atoms with E-state index in [1.165, 1.54) is 6.07 Å². The highest BCUT2D eigenvalue weighted by Gasteiger charge is 2.23. The van der Waals surface area contributed by atoms with Crippen LogP contribution in [0.25, 0.3) is 0 Å². The Hall–Kier alpha value is -1.46. The van der Waals surface area contributed by atoms with Gasteiger partial charge in [0.1, 0.15) is 5.82 Å². The van der Waals surface area contributed by atoms with Gasteiger partial charge in [0.2, 0.25) is 5.91 Å². The first kappa shape index (κ1) is 14.0. The molecule has 1 aromatic rings. The third-order valence-electron chi connectivity index (χ3n) is 3.37. The average molecular weight is 266 g/mol. The molecule has 19 heavy (non-hydrogen) atoms. The van der Waals surface area contributed by atoms with Crippen LogP contribution in [0.3, 0.4) is 0 Å². The van der Waals surface area contributed by atoms with E-state index in [9.17, 15) is 9.18 Å². The largest absolute Gasteiger partial charge is 0.378 e. The molecule has 0 saturated carbocycles. The molecule has 1 aliphatic heterocycles. The van der Waals surface area contributed by atoms with Crippen LogP contribution < -0.4 is 10.6 Å². The Morgan fingerprint density at radius 1 is 1.47 bits per heavy atom. The number of nitrogens with one attached hydrogen (secondary N) is 2. The summed E-state index contributed by atoms with van der Waals surface area (Å²) in [6.07, 6.45) is 1.26. The molecule has 0 spiro atoms. The van der Waals surface area contributed by atoms with Crippen LogP contribution in [-0.2, 0) is 9.53 Å². The zero-order valence-electron chi connectivity index (χ0n) is 11.0.